The third-order valence-corrected chi connectivity index (χ3v) is 4.03. The van der Waals surface area contributed by atoms with Crippen LogP contribution in [-0.4, -0.2) is 20.7 Å². The molecular weight excluding hydrogens is 342 g/mol. The van der Waals surface area contributed by atoms with Crippen LogP contribution in [0.5, 0.6) is 11.6 Å². The number of halogens is 1. The second kappa shape index (κ2) is 6.94. The highest BCUT2D eigenvalue weighted by molar-refractivity contribution is 6.31. The van der Waals surface area contributed by atoms with Crippen LogP contribution in [0.3, 0.4) is 0 Å². The maximum atomic E-state index is 12.2. The Morgan fingerprint density at radius 1 is 1.20 bits per heavy atom. The molecule has 0 aliphatic carbocycles. The first-order valence-electron chi connectivity index (χ1n) is 7.77. The largest absolute Gasteiger partial charge is 0.507 e. The minimum atomic E-state index is -0.744. The molecule has 0 spiro atoms. The number of aryl methyl sites for hydroxylation is 1. The van der Waals surface area contributed by atoms with Gasteiger partial charge in [-0.05, 0) is 30.7 Å². The first kappa shape index (κ1) is 17.0. The summed E-state index contributed by atoms with van der Waals surface area (Å²) in [6.45, 7) is 2.62. The Balaban J connectivity index is 2.03. The summed E-state index contributed by atoms with van der Waals surface area (Å²) in [5, 5.41) is 28.8. The van der Waals surface area contributed by atoms with E-state index in [1.807, 2.05) is 25.1 Å². The van der Waals surface area contributed by atoms with Crippen molar-refractivity contribution < 1.29 is 15.0 Å². The SMILES string of the molecule is CCCn1c(O)c(N=NC(=O)c2cc(Cl)ccc2O)c2ccccc21. The molecule has 0 aliphatic heterocycles. The van der Waals surface area contributed by atoms with Crippen molar-refractivity contribution >= 4 is 34.1 Å². The van der Waals surface area contributed by atoms with E-state index in [0.29, 0.717) is 17.0 Å². The number of nitrogens with zero attached hydrogens (tertiary/aromatic N) is 3. The zero-order chi connectivity index (χ0) is 18.0. The van der Waals surface area contributed by atoms with Gasteiger partial charge in [0.05, 0.1) is 11.1 Å². The van der Waals surface area contributed by atoms with Gasteiger partial charge in [0, 0.05) is 17.0 Å². The Morgan fingerprint density at radius 2 is 1.96 bits per heavy atom. The molecule has 2 aromatic carbocycles. The van der Waals surface area contributed by atoms with Crippen LogP contribution in [0.1, 0.15) is 23.7 Å². The Labute approximate surface area is 149 Å². The van der Waals surface area contributed by atoms with E-state index in [-0.39, 0.29) is 22.9 Å². The number of hydrogen-bond acceptors (Lipinski definition) is 4. The van der Waals surface area contributed by atoms with Gasteiger partial charge >= 0.3 is 0 Å². The molecule has 25 heavy (non-hydrogen) atoms. The molecule has 3 rings (SSSR count). The average Bonchev–Trinajstić information content (AvgIpc) is 2.87. The highest BCUT2D eigenvalue weighted by Gasteiger charge is 2.17. The van der Waals surface area contributed by atoms with Crippen LogP contribution in [0.4, 0.5) is 5.69 Å². The molecule has 0 aliphatic rings. The maximum absolute atomic E-state index is 12.2. The average molecular weight is 358 g/mol. The predicted octanol–water partition coefficient (Wildman–Crippen LogP) is 5.04. The van der Waals surface area contributed by atoms with Crippen molar-refractivity contribution in [3.63, 3.8) is 0 Å². The number of azo groups is 1. The fourth-order valence-corrected chi connectivity index (χ4v) is 2.82. The normalized spacial score (nSPS) is 11.4. The van der Waals surface area contributed by atoms with Crippen molar-refractivity contribution in [2.24, 2.45) is 10.2 Å². The van der Waals surface area contributed by atoms with Gasteiger partial charge in [0.1, 0.15) is 5.75 Å². The van der Waals surface area contributed by atoms with E-state index in [4.69, 9.17) is 11.6 Å². The summed E-state index contributed by atoms with van der Waals surface area (Å²) in [4.78, 5) is 12.2. The lowest BCUT2D eigenvalue weighted by molar-refractivity contribution is 0.0992. The minimum Gasteiger partial charge on any atom is -0.507 e. The van der Waals surface area contributed by atoms with Gasteiger partial charge in [0.15, 0.2) is 5.69 Å². The highest BCUT2D eigenvalue weighted by atomic mass is 35.5. The monoisotopic (exact) mass is 357 g/mol. The lowest BCUT2D eigenvalue weighted by Gasteiger charge is -2.03. The van der Waals surface area contributed by atoms with Gasteiger partial charge in [0.2, 0.25) is 5.88 Å². The molecule has 6 nitrogen and oxygen atoms in total. The first-order valence-corrected chi connectivity index (χ1v) is 8.15. The number of carbonyl (C=O) groups is 1. The van der Waals surface area contributed by atoms with Crippen LogP contribution >= 0.6 is 11.6 Å². The van der Waals surface area contributed by atoms with Gasteiger partial charge in [-0.25, -0.2) is 0 Å². The second-order valence-corrected chi connectivity index (χ2v) is 5.94. The van der Waals surface area contributed by atoms with Gasteiger partial charge in [-0.3, -0.25) is 4.79 Å². The molecule has 0 bridgehead atoms. The molecule has 0 unspecified atom stereocenters. The van der Waals surface area contributed by atoms with Crippen LogP contribution < -0.4 is 0 Å². The Kier molecular flexibility index (Phi) is 4.72. The van der Waals surface area contributed by atoms with Gasteiger partial charge in [-0.2, -0.15) is 0 Å². The van der Waals surface area contributed by atoms with Crippen molar-refractivity contribution in [2.45, 2.75) is 19.9 Å². The van der Waals surface area contributed by atoms with Gasteiger partial charge < -0.3 is 14.8 Å². The Morgan fingerprint density at radius 3 is 2.72 bits per heavy atom. The molecule has 1 aromatic heterocycles. The highest BCUT2D eigenvalue weighted by Crippen LogP contribution is 2.39. The van der Waals surface area contributed by atoms with Crippen LogP contribution in [0.2, 0.25) is 5.02 Å². The molecule has 0 atom stereocenters. The van der Waals surface area contributed by atoms with Crippen molar-refractivity contribution in [1.29, 1.82) is 0 Å². The molecular formula is C18H16ClN3O3. The summed E-state index contributed by atoms with van der Waals surface area (Å²) < 4.78 is 1.73. The summed E-state index contributed by atoms with van der Waals surface area (Å²) >= 11 is 5.84. The fraction of sp³-hybridized carbons (Fsp3) is 0.167. The van der Waals surface area contributed by atoms with Gasteiger partial charge in [0.25, 0.3) is 5.91 Å². The number of para-hydroxylation sites is 1. The number of hydrogen-bond donors (Lipinski definition) is 2. The zero-order valence-electron chi connectivity index (χ0n) is 13.5. The van der Waals surface area contributed by atoms with E-state index in [1.54, 1.807) is 10.6 Å². The summed E-state index contributed by atoms with van der Waals surface area (Å²) in [7, 11) is 0. The van der Waals surface area contributed by atoms with E-state index in [0.717, 1.165) is 11.9 Å². The molecule has 0 saturated carbocycles. The van der Waals surface area contributed by atoms with Crippen LogP contribution in [0.25, 0.3) is 10.9 Å². The van der Waals surface area contributed by atoms with E-state index in [1.165, 1.54) is 18.2 Å². The first-order chi connectivity index (χ1) is 12.0. The summed E-state index contributed by atoms with van der Waals surface area (Å²) in [6.07, 6.45) is 0.831. The van der Waals surface area contributed by atoms with E-state index < -0.39 is 5.91 Å². The molecule has 1 amide bonds. The van der Waals surface area contributed by atoms with Crippen molar-refractivity contribution in [3.8, 4) is 11.6 Å². The van der Waals surface area contributed by atoms with Gasteiger partial charge in [-0.1, -0.05) is 36.7 Å². The number of phenolic OH excluding ortho intramolecular Hbond substituents is 1. The Bertz CT molecular complexity index is 979. The number of phenols is 1. The summed E-state index contributed by atoms with van der Waals surface area (Å²) in [6, 6.07) is 11.5. The molecule has 7 heteroatoms. The smallest absolute Gasteiger partial charge is 0.299 e. The molecule has 1 heterocycles. The molecule has 0 radical (unpaired) electrons. The van der Waals surface area contributed by atoms with Crippen LogP contribution in [-0.2, 0) is 6.54 Å². The van der Waals surface area contributed by atoms with Gasteiger partial charge in [-0.15, -0.1) is 10.2 Å². The molecule has 3 aromatic rings. The van der Waals surface area contributed by atoms with Crippen LogP contribution in [0.15, 0.2) is 52.7 Å². The predicted molar refractivity (Wildman–Crippen MR) is 95.9 cm³/mol. The molecule has 0 fully saturated rings. The van der Waals surface area contributed by atoms with E-state index in [2.05, 4.69) is 10.2 Å². The third kappa shape index (κ3) is 3.21. The van der Waals surface area contributed by atoms with Crippen molar-refractivity contribution in [3.05, 3.63) is 53.1 Å². The van der Waals surface area contributed by atoms with Crippen molar-refractivity contribution in [2.75, 3.05) is 0 Å². The fourth-order valence-electron chi connectivity index (χ4n) is 2.65. The second-order valence-electron chi connectivity index (χ2n) is 5.51. The van der Waals surface area contributed by atoms with Crippen molar-refractivity contribution in [1.82, 2.24) is 4.57 Å². The summed E-state index contributed by atoms with van der Waals surface area (Å²) in [5.41, 5.74) is 0.987. The third-order valence-electron chi connectivity index (χ3n) is 3.79. The molecule has 2 N–H and O–H groups in total. The van der Waals surface area contributed by atoms with Crippen LogP contribution in [0, 0.1) is 0 Å². The molecule has 0 saturated heterocycles. The standard InChI is InChI=1S/C18H16ClN3O3/c1-2-9-22-14-6-4-3-5-12(14)16(18(22)25)20-21-17(24)13-10-11(19)7-8-15(13)23/h3-8,10,23,25H,2,9H2,1H3. The maximum Gasteiger partial charge on any atom is 0.299 e. The lowest BCUT2D eigenvalue weighted by atomic mass is 10.2. The quantitative estimate of drug-likeness (QED) is 0.641. The number of carbonyl (C=O) groups excluding carboxylic acids is 1. The number of aromatic hydroxyl groups is 2. The lowest BCUT2D eigenvalue weighted by Crippen LogP contribution is -1.95. The number of rotatable bonds is 4. The minimum absolute atomic E-state index is 0.0464. The van der Waals surface area contributed by atoms with E-state index >= 15 is 0 Å². The molecule has 128 valence electrons. The number of fused-ring (bicyclic) bond motifs is 1. The Hall–Kier alpha value is -2.86. The number of benzene rings is 2. The number of aromatic nitrogens is 1. The zero-order valence-corrected chi connectivity index (χ0v) is 14.2. The topological polar surface area (TPSA) is 87.2 Å². The number of amides is 1. The summed E-state index contributed by atoms with van der Waals surface area (Å²) in [5.74, 6) is -1.02. The van der Waals surface area contributed by atoms with E-state index in [9.17, 15) is 15.0 Å².